The molecular formula is C23H22N2O3S. The quantitative estimate of drug-likeness (QED) is 0.549. The molecule has 0 unspecified atom stereocenters. The van der Waals surface area contributed by atoms with Gasteiger partial charge < -0.3 is 4.90 Å². The number of imide groups is 1. The van der Waals surface area contributed by atoms with Crippen molar-refractivity contribution in [2.75, 3.05) is 13.1 Å². The van der Waals surface area contributed by atoms with Crippen molar-refractivity contribution < 1.29 is 14.4 Å². The lowest BCUT2D eigenvalue weighted by atomic mass is 9.94. The molecule has 2 aromatic carbocycles. The summed E-state index contributed by atoms with van der Waals surface area (Å²) in [6, 6.07) is 15.0. The lowest BCUT2D eigenvalue weighted by molar-refractivity contribution is -0.131. The lowest BCUT2D eigenvalue weighted by Gasteiger charge is -2.27. The molecule has 0 spiro atoms. The fourth-order valence-corrected chi connectivity index (χ4v) is 4.52. The molecule has 1 aliphatic heterocycles. The lowest BCUT2D eigenvalue weighted by Crippen LogP contribution is -2.41. The Kier molecular flexibility index (Phi) is 5.45. The predicted molar refractivity (Wildman–Crippen MR) is 114 cm³/mol. The minimum Gasteiger partial charge on any atom is -0.338 e. The minimum absolute atomic E-state index is 0.0420. The summed E-state index contributed by atoms with van der Waals surface area (Å²) in [6.07, 6.45) is 0.761. The van der Waals surface area contributed by atoms with Crippen molar-refractivity contribution in [3.05, 3.63) is 69.9 Å². The topological polar surface area (TPSA) is 57.7 Å². The summed E-state index contributed by atoms with van der Waals surface area (Å²) in [6.45, 7) is 3.43. The van der Waals surface area contributed by atoms with Crippen molar-refractivity contribution in [1.29, 1.82) is 0 Å². The van der Waals surface area contributed by atoms with Crippen LogP contribution in [0.1, 0.15) is 45.4 Å². The van der Waals surface area contributed by atoms with Crippen LogP contribution in [0, 0.1) is 0 Å². The Morgan fingerprint density at radius 3 is 2.28 bits per heavy atom. The van der Waals surface area contributed by atoms with Crippen molar-refractivity contribution in [3.8, 4) is 0 Å². The maximum atomic E-state index is 12.9. The number of thiophene rings is 1. The third-order valence-corrected chi connectivity index (χ3v) is 6.15. The molecule has 3 amide bonds. The van der Waals surface area contributed by atoms with E-state index in [1.165, 1.54) is 4.90 Å². The molecule has 0 bridgehead atoms. The van der Waals surface area contributed by atoms with Crippen LogP contribution in [0.2, 0.25) is 0 Å². The van der Waals surface area contributed by atoms with Gasteiger partial charge in [0.2, 0.25) is 5.91 Å². The van der Waals surface area contributed by atoms with E-state index in [1.807, 2.05) is 53.6 Å². The maximum Gasteiger partial charge on any atom is 0.261 e. The van der Waals surface area contributed by atoms with Crippen LogP contribution in [-0.4, -0.2) is 40.6 Å². The molecule has 0 aliphatic carbocycles. The highest BCUT2D eigenvalue weighted by atomic mass is 32.1. The van der Waals surface area contributed by atoms with Gasteiger partial charge in [-0.2, -0.15) is 0 Å². The Hall–Kier alpha value is -2.99. The summed E-state index contributed by atoms with van der Waals surface area (Å²) in [5.41, 5.74) is 1.11. The molecule has 4 rings (SSSR count). The first-order valence-electron chi connectivity index (χ1n) is 9.78. The van der Waals surface area contributed by atoms with Gasteiger partial charge in [-0.15, -0.1) is 11.3 Å². The van der Waals surface area contributed by atoms with E-state index in [0.717, 1.165) is 15.6 Å². The summed E-state index contributed by atoms with van der Waals surface area (Å²) in [7, 11) is 0. The van der Waals surface area contributed by atoms with E-state index in [-0.39, 0.29) is 24.3 Å². The third kappa shape index (κ3) is 3.68. The number of hydrogen-bond acceptors (Lipinski definition) is 4. The molecule has 1 aromatic heterocycles. The second kappa shape index (κ2) is 8.17. The smallest absolute Gasteiger partial charge is 0.261 e. The van der Waals surface area contributed by atoms with Crippen LogP contribution < -0.4 is 0 Å². The van der Waals surface area contributed by atoms with Gasteiger partial charge in [-0.1, -0.05) is 30.3 Å². The summed E-state index contributed by atoms with van der Waals surface area (Å²) in [5.74, 6) is -0.518. The Labute approximate surface area is 173 Å². The Bertz CT molecular complexity index is 1020. The highest BCUT2D eigenvalue weighted by Gasteiger charge is 2.32. The fraction of sp³-hybridized carbons (Fsp3) is 0.261. The Balaban J connectivity index is 1.43. The predicted octanol–water partition coefficient (Wildman–Crippen LogP) is 4.33. The van der Waals surface area contributed by atoms with Crippen molar-refractivity contribution in [2.45, 2.75) is 26.3 Å². The first-order chi connectivity index (χ1) is 14.1. The van der Waals surface area contributed by atoms with E-state index in [1.54, 1.807) is 23.5 Å². The van der Waals surface area contributed by atoms with Crippen LogP contribution in [0.3, 0.4) is 0 Å². The van der Waals surface area contributed by atoms with Crippen molar-refractivity contribution in [3.63, 3.8) is 0 Å². The average Bonchev–Trinajstić information content (AvgIpc) is 3.25. The van der Waals surface area contributed by atoms with E-state index in [4.69, 9.17) is 0 Å². The van der Waals surface area contributed by atoms with Gasteiger partial charge in [0, 0.05) is 40.9 Å². The second-order valence-electron chi connectivity index (χ2n) is 7.06. The van der Waals surface area contributed by atoms with E-state index < -0.39 is 0 Å². The van der Waals surface area contributed by atoms with Gasteiger partial charge >= 0.3 is 0 Å². The number of benzene rings is 2. The first-order valence-corrected chi connectivity index (χ1v) is 10.7. The number of carbonyl (C=O) groups is 3. The van der Waals surface area contributed by atoms with Gasteiger partial charge in [-0.3, -0.25) is 19.3 Å². The zero-order valence-electron chi connectivity index (χ0n) is 16.3. The number of nitrogens with zero attached hydrogens (tertiary/aromatic N) is 2. The molecule has 0 N–H and O–H groups in total. The molecule has 2 heterocycles. The Morgan fingerprint density at radius 1 is 1.00 bits per heavy atom. The van der Waals surface area contributed by atoms with Gasteiger partial charge in [0.05, 0.1) is 6.54 Å². The van der Waals surface area contributed by atoms with E-state index >= 15 is 0 Å². The van der Waals surface area contributed by atoms with E-state index in [0.29, 0.717) is 37.1 Å². The molecule has 5 nitrogen and oxygen atoms in total. The fourth-order valence-electron chi connectivity index (χ4n) is 3.80. The Morgan fingerprint density at radius 2 is 1.69 bits per heavy atom. The van der Waals surface area contributed by atoms with Crippen LogP contribution in [-0.2, 0) is 11.3 Å². The van der Waals surface area contributed by atoms with Crippen LogP contribution in [0.5, 0.6) is 0 Å². The molecule has 1 aliphatic rings. The largest absolute Gasteiger partial charge is 0.338 e. The molecular weight excluding hydrogens is 384 g/mol. The van der Waals surface area contributed by atoms with Gasteiger partial charge in [-0.25, -0.2) is 0 Å². The summed E-state index contributed by atoms with van der Waals surface area (Å²) in [5, 5.41) is 3.62. The first kappa shape index (κ1) is 19.3. The van der Waals surface area contributed by atoms with E-state index in [2.05, 4.69) is 0 Å². The minimum atomic E-state index is -0.280. The molecule has 148 valence electrons. The van der Waals surface area contributed by atoms with Gasteiger partial charge in [0.25, 0.3) is 11.8 Å². The molecule has 0 atom stereocenters. The molecule has 0 saturated heterocycles. The van der Waals surface area contributed by atoms with Gasteiger partial charge in [0.1, 0.15) is 0 Å². The van der Waals surface area contributed by atoms with Crippen LogP contribution in [0.15, 0.2) is 53.9 Å². The molecule has 0 fully saturated rings. The molecule has 6 heteroatoms. The zero-order valence-corrected chi connectivity index (χ0v) is 17.1. The normalized spacial score (nSPS) is 13.2. The molecule has 3 aromatic rings. The number of amides is 3. The highest BCUT2D eigenvalue weighted by molar-refractivity contribution is 7.09. The summed E-state index contributed by atoms with van der Waals surface area (Å²) in [4.78, 5) is 42.6. The maximum absolute atomic E-state index is 12.9. The molecule has 0 radical (unpaired) electrons. The number of hydrogen-bond donors (Lipinski definition) is 0. The van der Waals surface area contributed by atoms with Gasteiger partial charge in [-0.05, 0) is 42.3 Å². The summed E-state index contributed by atoms with van der Waals surface area (Å²) < 4.78 is 0. The van der Waals surface area contributed by atoms with Crippen LogP contribution in [0.4, 0.5) is 0 Å². The molecule has 29 heavy (non-hydrogen) atoms. The second-order valence-corrected chi connectivity index (χ2v) is 8.09. The van der Waals surface area contributed by atoms with Crippen molar-refractivity contribution in [2.24, 2.45) is 0 Å². The number of rotatable bonds is 7. The van der Waals surface area contributed by atoms with Gasteiger partial charge in [0.15, 0.2) is 0 Å². The van der Waals surface area contributed by atoms with Crippen molar-refractivity contribution >= 4 is 39.8 Å². The molecule has 0 saturated carbocycles. The van der Waals surface area contributed by atoms with Crippen LogP contribution >= 0.6 is 11.3 Å². The monoisotopic (exact) mass is 406 g/mol. The standard InChI is InChI=1S/C23H22N2O3S/c1-2-24(15-17-9-6-14-29-17)20(26)12-5-13-25-22(27)18-10-3-7-16-8-4-11-19(21(16)18)23(25)28/h3-4,6-11,14H,2,5,12-13,15H2,1H3. The number of carbonyl (C=O) groups excluding carboxylic acids is 3. The van der Waals surface area contributed by atoms with Crippen molar-refractivity contribution in [1.82, 2.24) is 9.80 Å². The zero-order chi connectivity index (χ0) is 20.4. The average molecular weight is 407 g/mol. The van der Waals surface area contributed by atoms with E-state index in [9.17, 15) is 14.4 Å². The third-order valence-electron chi connectivity index (χ3n) is 5.29. The summed E-state index contributed by atoms with van der Waals surface area (Å²) >= 11 is 1.63. The highest BCUT2D eigenvalue weighted by Crippen LogP contribution is 2.30. The SMILES string of the molecule is CCN(Cc1cccs1)C(=O)CCCN1C(=O)c2cccc3cccc(c23)C1=O. The van der Waals surface area contributed by atoms with Crippen LogP contribution in [0.25, 0.3) is 10.8 Å².